The number of amides is 2. The predicted octanol–water partition coefficient (Wildman–Crippen LogP) is 6.53. The lowest BCUT2D eigenvalue weighted by atomic mass is 9.99. The van der Waals surface area contributed by atoms with Gasteiger partial charge < -0.3 is 26.0 Å². The van der Waals surface area contributed by atoms with Gasteiger partial charge in [0.1, 0.15) is 5.84 Å². The van der Waals surface area contributed by atoms with E-state index in [1.165, 1.54) is 0 Å². The topological polar surface area (TPSA) is 128 Å². The maximum Gasteiger partial charge on any atom is 0.250 e. The highest BCUT2D eigenvalue weighted by molar-refractivity contribution is 6.05. The van der Waals surface area contributed by atoms with E-state index in [2.05, 4.69) is 24.2 Å². The van der Waals surface area contributed by atoms with Crippen LogP contribution in [-0.2, 0) is 9.59 Å². The molecule has 0 aliphatic carbocycles. The molecule has 244 valence electrons. The second-order valence-electron chi connectivity index (χ2n) is 10.7. The van der Waals surface area contributed by atoms with Crippen LogP contribution in [0.3, 0.4) is 0 Å². The number of hydrogen-bond acceptors (Lipinski definition) is 7. The molecule has 0 fully saturated rings. The number of fused-ring (bicyclic) bond motifs is 1. The van der Waals surface area contributed by atoms with Gasteiger partial charge in [0.15, 0.2) is 6.29 Å². The minimum absolute atomic E-state index is 0.00203. The lowest BCUT2D eigenvalue weighted by molar-refractivity contribution is -0.127. The van der Waals surface area contributed by atoms with Crippen LogP contribution in [0, 0.1) is 0 Å². The zero-order valence-electron chi connectivity index (χ0n) is 28.5. The summed E-state index contributed by atoms with van der Waals surface area (Å²) in [5.41, 5.74) is 10.2. The van der Waals surface area contributed by atoms with Gasteiger partial charge in [-0.25, -0.2) is 4.99 Å². The number of benzene rings is 2. The number of nitrogens with zero attached hydrogens (tertiary/aromatic N) is 3. The molecular weight excluding hydrogens is 554 g/mol. The average Bonchev–Trinajstić information content (AvgIpc) is 3.15. The summed E-state index contributed by atoms with van der Waals surface area (Å²) in [5, 5.41) is 11.7. The van der Waals surface area contributed by atoms with E-state index in [4.69, 9.17) is 10.8 Å². The number of nitrogens with two attached hydrogens (primary N) is 1. The molecule has 0 unspecified atom stereocenters. The third-order valence-electron chi connectivity index (χ3n) is 5.98. The summed E-state index contributed by atoms with van der Waals surface area (Å²) in [4.78, 5) is 43.6. The van der Waals surface area contributed by atoms with Crippen LogP contribution in [0.1, 0.15) is 90.6 Å². The van der Waals surface area contributed by atoms with Crippen LogP contribution in [-0.4, -0.2) is 78.7 Å². The fourth-order valence-corrected chi connectivity index (χ4v) is 4.57. The predicted molar refractivity (Wildman–Crippen MR) is 186 cm³/mol. The quantitative estimate of drug-likeness (QED) is 0.249. The molecule has 0 spiro atoms. The Labute approximate surface area is 265 Å². The highest BCUT2D eigenvalue weighted by Gasteiger charge is 2.21. The van der Waals surface area contributed by atoms with Crippen molar-refractivity contribution >= 4 is 41.9 Å². The van der Waals surface area contributed by atoms with E-state index in [1.54, 1.807) is 26.0 Å². The molecular formula is C35H55N5O4. The molecule has 0 atom stereocenters. The molecule has 0 radical (unpaired) electrons. The van der Waals surface area contributed by atoms with Crippen molar-refractivity contribution in [2.75, 3.05) is 39.0 Å². The molecule has 1 heterocycles. The second-order valence-corrected chi connectivity index (χ2v) is 10.7. The van der Waals surface area contributed by atoms with Crippen molar-refractivity contribution in [2.45, 2.75) is 80.3 Å². The Morgan fingerprint density at radius 2 is 1.57 bits per heavy atom. The fourth-order valence-electron chi connectivity index (χ4n) is 4.57. The summed E-state index contributed by atoms with van der Waals surface area (Å²) < 4.78 is 0. The van der Waals surface area contributed by atoms with Crippen LogP contribution >= 0.6 is 0 Å². The summed E-state index contributed by atoms with van der Waals surface area (Å²) in [6, 6.07) is 10.9. The number of nitrogens with one attached hydrogen (secondary N) is 1. The van der Waals surface area contributed by atoms with Gasteiger partial charge in [0, 0.05) is 42.8 Å². The number of hydrogen-bond donors (Lipinski definition) is 3. The molecule has 1 aliphatic rings. The van der Waals surface area contributed by atoms with Crippen molar-refractivity contribution in [3.63, 3.8) is 0 Å². The zero-order valence-corrected chi connectivity index (χ0v) is 28.5. The number of aldehydes is 1. The van der Waals surface area contributed by atoms with E-state index in [0.29, 0.717) is 67.1 Å². The summed E-state index contributed by atoms with van der Waals surface area (Å²) >= 11 is 0. The van der Waals surface area contributed by atoms with Gasteiger partial charge >= 0.3 is 0 Å². The normalized spacial score (nSPS) is 11.8. The number of carbonyl (C=O) groups is 3. The van der Waals surface area contributed by atoms with Gasteiger partial charge in [-0.3, -0.25) is 14.4 Å². The highest BCUT2D eigenvalue weighted by atomic mass is 16.3. The lowest BCUT2D eigenvalue weighted by Gasteiger charge is -2.22. The molecule has 9 nitrogen and oxygen atoms in total. The molecule has 2 amide bonds. The molecule has 4 N–H and O–H groups in total. The lowest BCUT2D eigenvalue weighted by Crippen LogP contribution is -2.34. The Bertz CT molecular complexity index is 1240. The van der Waals surface area contributed by atoms with Gasteiger partial charge in [-0.1, -0.05) is 59.7 Å². The minimum Gasteiger partial charge on any atom is -0.389 e. The molecule has 0 aromatic heterocycles. The molecule has 1 aliphatic heterocycles. The standard InChI is InChI=1S/C25H28N4O3.C6H15NO.2C2H6/c1-3-9-29(10-4-2)25(32)21-11-19-7-5-18(13-23(19)28-24(26)14-21)17-6-8-20(15-30)22(12-17)27-16-31;1-6(2,8)5-7(3)4;2*1-2/h5-8,11-13,15-16H,3-4,9-10,14H2,1-2H3,(H2,26,28)(H,27,31);8H,5H2,1-4H3;2*1-2H3. The van der Waals surface area contributed by atoms with E-state index in [9.17, 15) is 14.4 Å². The Kier molecular flexibility index (Phi) is 19.2. The van der Waals surface area contributed by atoms with E-state index < -0.39 is 5.60 Å². The zero-order chi connectivity index (χ0) is 33.9. The van der Waals surface area contributed by atoms with Crippen molar-refractivity contribution in [3.8, 4) is 11.1 Å². The molecule has 9 heteroatoms. The van der Waals surface area contributed by atoms with Gasteiger partial charge in [-0.2, -0.15) is 0 Å². The smallest absolute Gasteiger partial charge is 0.250 e. The highest BCUT2D eigenvalue weighted by Crippen LogP contribution is 2.33. The van der Waals surface area contributed by atoms with Crippen molar-refractivity contribution in [1.82, 2.24) is 9.80 Å². The van der Waals surface area contributed by atoms with Crippen LogP contribution in [0.4, 0.5) is 11.4 Å². The maximum atomic E-state index is 13.1. The summed E-state index contributed by atoms with van der Waals surface area (Å²) in [6.07, 6.45) is 5.20. The van der Waals surface area contributed by atoms with Gasteiger partial charge in [0.2, 0.25) is 12.3 Å². The Morgan fingerprint density at radius 1 is 1.00 bits per heavy atom. The molecule has 44 heavy (non-hydrogen) atoms. The van der Waals surface area contributed by atoms with Crippen molar-refractivity contribution in [3.05, 3.63) is 53.1 Å². The molecule has 2 aromatic rings. The first-order chi connectivity index (χ1) is 20.9. The van der Waals surface area contributed by atoms with E-state index in [1.807, 2.05) is 81.9 Å². The first-order valence-corrected chi connectivity index (χ1v) is 15.6. The molecule has 3 rings (SSSR count). The molecule has 0 saturated heterocycles. The van der Waals surface area contributed by atoms with Crippen LogP contribution < -0.4 is 11.1 Å². The van der Waals surface area contributed by atoms with Crippen LogP contribution in [0.5, 0.6) is 0 Å². The number of aliphatic imine (C=N–C) groups is 1. The van der Waals surface area contributed by atoms with E-state index >= 15 is 0 Å². The van der Waals surface area contributed by atoms with Gasteiger partial charge in [-0.15, -0.1) is 0 Å². The van der Waals surface area contributed by atoms with Gasteiger partial charge in [0.05, 0.1) is 17.0 Å². The first-order valence-electron chi connectivity index (χ1n) is 15.6. The number of likely N-dealkylation sites (N-methyl/N-ethyl adjacent to an activating group) is 1. The number of amidine groups is 1. The monoisotopic (exact) mass is 609 g/mol. The summed E-state index contributed by atoms with van der Waals surface area (Å²) in [6.45, 7) is 17.8. The van der Waals surface area contributed by atoms with Crippen LogP contribution in [0.25, 0.3) is 17.2 Å². The summed E-state index contributed by atoms with van der Waals surface area (Å²) in [7, 11) is 3.88. The summed E-state index contributed by atoms with van der Waals surface area (Å²) in [5.74, 6) is 0.380. The van der Waals surface area contributed by atoms with Crippen LogP contribution in [0.15, 0.2) is 47.0 Å². The molecule has 0 bridgehead atoms. The van der Waals surface area contributed by atoms with Crippen molar-refractivity contribution in [2.24, 2.45) is 10.7 Å². The second kappa shape index (κ2) is 21.0. The fraction of sp³-hybridized carbons (Fsp3) is 0.486. The number of anilines is 1. The van der Waals surface area contributed by atoms with Gasteiger partial charge in [0.25, 0.3) is 0 Å². The number of carbonyl (C=O) groups excluding carboxylic acids is 3. The molecule has 0 saturated carbocycles. The van der Waals surface area contributed by atoms with Crippen molar-refractivity contribution in [1.29, 1.82) is 0 Å². The average molecular weight is 610 g/mol. The Morgan fingerprint density at radius 3 is 2.05 bits per heavy atom. The Hall–Kier alpha value is -3.82. The van der Waals surface area contributed by atoms with Crippen molar-refractivity contribution < 1.29 is 19.5 Å². The van der Waals surface area contributed by atoms with Gasteiger partial charge in [-0.05, 0) is 76.2 Å². The molecule has 2 aromatic carbocycles. The third-order valence-corrected chi connectivity index (χ3v) is 5.98. The first kappa shape index (κ1) is 40.2. The van der Waals surface area contributed by atoms with Crippen LogP contribution in [0.2, 0.25) is 0 Å². The third kappa shape index (κ3) is 13.7. The Balaban J connectivity index is 0.00000132. The van der Waals surface area contributed by atoms with E-state index in [0.717, 1.165) is 29.5 Å². The SMILES string of the molecule is CC.CC.CCCN(CCC)C(=O)C1=Cc2ccc(-c3ccc(C=O)c(NC=O)c3)cc2N=C(N)C1.CN(C)CC(C)(C)O. The maximum absolute atomic E-state index is 13.1. The van der Waals surface area contributed by atoms with E-state index in [-0.39, 0.29) is 5.91 Å². The number of rotatable bonds is 11. The number of aliphatic hydroxyl groups is 1. The largest absolute Gasteiger partial charge is 0.389 e. The minimum atomic E-state index is -0.552.